The lowest BCUT2D eigenvalue weighted by molar-refractivity contribution is 0.667. The summed E-state index contributed by atoms with van der Waals surface area (Å²) in [6, 6.07) is 33.5. The molecule has 162 valence electrons. The molecule has 0 amide bonds. The van der Waals surface area contributed by atoms with Crippen LogP contribution in [0.5, 0.6) is 0 Å². The fourth-order valence-electron chi connectivity index (χ4n) is 6.19. The van der Waals surface area contributed by atoms with Crippen LogP contribution in [0.25, 0.3) is 54.7 Å². The summed E-state index contributed by atoms with van der Waals surface area (Å²) >= 11 is 0. The molecular weight excluding hydrogens is 410 g/mol. The van der Waals surface area contributed by atoms with E-state index in [9.17, 15) is 0 Å². The zero-order valence-corrected chi connectivity index (χ0v) is 19.7. The largest absolute Gasteiger partial charge is 0.256 e. The summed E-state index contributed by atoms with van der Waals surface area (Å²) in [5, 5.41) is 7.77. The Kier molecular flexibility index (Phi) is 3.88. The first-order valence-corrected chi connectivity index (χ1v) is 12.0. The van der Waals surface area contributed by atoms with Gasteiger partial charge in [0.15, 0.2) is 0 Å². The molecule has 5 aromatic carbocycles. The third-order valence-corrected chi connectivity index (χ3v) is 7.73. The Morgan fingerprint density at radius 1 is 0.647 bits per heavy atom. The third kappa shape index (κ3) is 2.53. The lowest BCUT2D eigenvalue weighted by Gasteiger charge is -2.23. The van der Waals surface area contributed by atoms with E-state index in [1.807, 2.05) is 6.20 Å². The second-order valence-corrected chi connectivity index (χ2v) is 10.1. The highest BCUT2D eigenvalue weighted by molar-refractivity contribution is 6.15. The van der Waals surface area contributed by atoms with Crippen LogP contribution in [0.2, 0.25) is 0 Å². The highest BCUT2D eigenvalue weighted by Crippen LogP contribution is 2.54. The van der Waals surface area contributed by atoms with E-state index >= 15 is 0 Å². The van der Waals surface area contributed by atoms with Gasteiger partial charge in [-0.15, -0.1) is 0 Å². The van der Waals surface area contributed by atoms with E-state index in [2.05, 4.69) is 112 Å². The first-order valence-electron chi connectivity index (χ1n) is 12.0. The minimum Gasteiger partial charge on any atom is -0.256 e. The van der Waals surface area contributed by atoms with Crippen LogP contribution in [-0.4, -0.2) is 4.98 Å². The van der Waals surface area contributed by atoms with Crippen molar-refractivity contribution in [2.24, 2.45) is 0 Å². The molecule has 0 fully saturated rings. The SMILES string of the molecule is Cc1cccc(-c2nccc3c2ccc2c4c(ccc23)-c2c(ccc3ccccc23)C4(C)C)c1. The number of hydrogen-bond donors (Lipinski definition) is 0. The first-order chi connectivity index (χ1) is 16.5. The molecule has 0 spiro atoms. The average Bonchev–Trinajstić information content (AvgIpc) is 3.10. The molecular formula is C33H25N. The maximum Gasteiger partial charge on any atom is 0.0780 e. The van der Waals surface area contributed by atoms with Crippen molar-refractivity contribution in [3.8, 4) is 22.4 Å². The smallest absolute Gasteiger partial charge is 0.0780 e. The number of nitrogens with zero attached hydrogens (tertiary/aromatic N) is 1. The van der Waals surface area contributed by atoms with Gasteiger partial charge in [-0.3, -0.25) is 4.98 Å². The van der Waals surface area contributed by atoms with Crippen LogP contribution >= 0.6 is 0 Å². The number of rotatable bonds is 1. The van der Waals surface area contributed by atoms with Crippen molar-refractivity contribution in [1.82, 2.24) is 4.98 Å². The van der Waals surface area contributed by atoms with Gasteiger partial charge in [0, 0.05) is 22.6 Å². The van der Waals surface area contributed by atoms with Crippen molar-refractivity contribution in [3.63, 3.8) is 0 Å². The van der Waals surface area contributed by atoms with E-state index in [4.69, 9.17) is 4.98 Å². The van der Waals surface area contributed by atoms with Crippen LogP contribution in [0.3, 0.4) is 0 Å². The number of aromatic nitrogens is 1. The summed E-state index contributed by atoms with van der Waals surface area (Å²) in [7, 11) is 0. The predicted molar refractivity (Wildman–Crippen MR) is 144 cm³/mol. The quantitative estimate of drug-likeness (QED) is 0.235. The van der Waals surface area contributed by atoms with Gasteiger partial charge in [0.2, 0.25) is 0 Å². The fourth-order valence-corrected chi connectivity index (χ4v) is 6.19. The van der Waals surface area contributed by atoms with Crippen LogP contribution < -0.4 is 0 Å². The summed E-state index contributed by atoms with van der Waals surface area (Å²) in [5.74, 6) is 0. The number of aryl methyl sites for hydroxylation is 1. The highest BCUT2D eigenvalue weighted by atomic mass is 14.7. The number of benzene rings is 5. The minimum atomic E-state index is -0.0612. The second kappa shape index (κ2) is 6.77. The molecule has 0 bridgehead atoms. The second-order valence-electron chi connectivity index (χ2n) is 10.1. The van der Waals surface area contributed by atoms with Crippen LogP contribution in [0.15, 0.2) is 97.2 Å². The van der Waals surface area contributed by atoms with E-state index in [0.717, 1.165) is 5.69 Å². The number of pyridine rings is 1. The lowest BCUT2D eigenvalue weighted by atomic mass is 9.79. The average molecular weight is 436 g/mol. The predicted octanol–water partition coefficient (Wildman–Crippen LogP) is 8.82. The normalized spacial score (nSPS) is 14.0. The van der Waals surface area contributed by atoms with Crippen LogP contribution in [-0.2, 0) is 5.41 Å². The molecule has 0 radical (unpaired) electrons. The van der Waals surface area contributed by atoms with Gasteiger partial charge in [0.1, 0.15) is 0 Å². The summed E-state index contributed by atoms with van der Waals surface area (Å²) in [4.78, 5) is 4.79. The summed E-state index contributed by atoms with van der Waals surface area (Å²) in [6.45, 7) is 6.89. The first kappa shape index (κ1) is 19.5. The molecule has 34 heavy (non-hydrogen) atoms. The Balaban J connectivity index is 1.56. The molecule has 0 saturated carbocycles. The molecule has 1 heterocycles. The zero-order valence-electron chi connectivity index (χ0n) is 19.7. The van der Waals surface area contributed by atoms with E-state index in [1.54, 1.807) is 0 Å². The Hall–Kier alpha value is -3.97. The maximum atomic E-state index is 4.79. The summed E-state index contributed by atoms with van der Waals surface area (Å²) in [6.07, 6.45) is 1.96. The minimum absolute atomic E-state index is 0.0612. The van der Waals surface area contributed by atoms with Gasteiger partial charge in [-0.05, 0) is 68.2 Å². The van der Waals surface area contributed by atoms with Crippen LogP contribution in [0, 0.1) is 6.92 Å². The lowest BCUT2D eigenvalue weighted by Crippen LogP contribution is -2.15. The molecule has 6 aromatic rings. The van der Waals surface area contributed by atoms with E-state index < -0.39 is 0 Å². The molecule has 1 aliphatic rings. The maximum absolute atomic E-state index is 4.79. The van der Waals surface area contributed by atoms with E-state index in [1.165, 1.54) is 65.7 Å². The van der Waals surface area contributed by atoms with Crippen molar-refractivity contribution < 1.29 is 0 Å². The number of fused-ring (bicyclic) bond motifs is 9. The fraction of sp³-hybridized carbons (Fsp3) is 0.121. The van der Waals surface area contributed by atoms with Crippen molar-refractivity contribution in [2.75, 3.05) is 0 Å². The molecule has 1 aliphatic carbocycles. The van der Waals surface area contributed by atoms with Gasteiger partial charge in [-0.1, -0.05) is 98.3 Å². The van der Waals surface area contributed by atoms with Gasteiger partial charge in [0.05, 0.1) is 5.69 Å². The van der Waals surface area contributed by atoms with Crippen molar-refractivity contribution in [2.45, 2.75) is 26.2 Å². The number of hydrogen-bond acceptors (Lipinski definition) is 1. The zero-order chi connectivity index (χ0) is 23.0. The molecule has 7 rings (SSSR count). The van der Waals surface area contributed by atoms with E-state index in [0.29, 0.717) is 0 Å². The van der Waals surface area contributed by atoms with Gasteiger partial charge < -0.3 is 0 Å². The summed E-state index contributed by atoms with van der Waals surface area (Å²) < 4.78 is 0. The summed E-state index contributed by atoms with van der Waals surface area (Å²) in [5.41, 5.74) is 9.04. The molecule has 1 aromatic heterocycles. The Labute approximate surface area is 199 Å². The molecule has 0 N–H and O–H groups in total. The van der Waals surface area contributed by atoms with Crippen molar-refractivity contribution in [1.29, 1.82) is 0 Å². The Bertz CT molecular complexity index is 1790. The van der Waals surface area contributed by atoms with Gasteiger partial charge >= 0.3 is 0 Å². The molecule has 1 heteroatoms. The van der Waals surface area contributed by atoms with Crippen molar-refractivity contribution in [3.05, 3.63) is 114 Å². The highest BCUT2D eigenvalue weighted by Gasteiger charge is 2.37. The molecule has 0 unspecified atom stereocenters. The van der Waals surface area contributed by atoms with E-state index in [-0.39, 0.29) is 5.41 Å². The Morgan fingerprint density at radius 2 is 1.44 bits per heavy atom. The Morgan fingerprint density at radius 3 is 2.32 bits per heavy atom. The van der Waals surface area contributed by atoms with Crippen LogP contribution in [0.1, 0.15) is 30.5 Å². The van der Waals surface area contributed by atoms with Gasteiger partial charge in [-0.2, -0.15) is 0 Å². The standard InChI is InChI=1S/C33H25N/c1-20-7-6-9-22(19-20)32-27-14-13-26-24(25(27)17-18-34-32)12-15-28-30-23-10-5-4-8-21(23)11-16-29(30)33(2,3)31(26)28/h4-19H,1-3H3. The van der Waals surface area contributed by atoms with Gasteiger partial charge in [-0.25, -0.2) is 0 Å². The molecule has 0 atom stereocenters. The van der Waals surface area contributed by atoms with Crippen LogP contribution in [0.4, 0.5) is 0 Å². The molecule has 0 saturated heterocycles. The third-order valence-electron chi connectivity index (χ3n) is 7.73. The molecule has 1 nitrogen and oxygen atoms in total. The van der Waals surface area contributed by atoms with Crippen molar-refractivity contribution >= 4 is 32.3 Å². The van der Waals surface area contributed by atoms with Gasteiger partial charge in [0.25, 0.3) is 0 Å². The molecule has 0 aliphatic heterocycles. The topological polar surface area (TPSA) is 12.9 Å². The monoisotopic (exact) mass is 435 g/mol.